The predicted molar refractivity (Wildman–Crippen MR) is 266 cm³/mol. The predicted octanol–water partition coefficient (Wildman–Crippen LogP) is 6.96. The summed E-state index contributed by atoms with van der Waals surface area (Å²) >= 11 is 0. The van der Waals surface area contributed by atoms with E-state index in [4.69, 9.17) is 53.1 Å². The molecule has 0 spiro atoms. The molecule has 0 aromatic heterocycles. The monoisotopic (exact) mass is 989 g/mol. The second kappa shape index (κ2) is 38.0. The summed E-state index contributed by atoms with van der Waals surface area (Å²) in [6.07, 6.45) is 3.80. The van der Waals surface area contributed by atoms with Crippen molar-refractivity contribution in [2.45, 2.75) is 133 Å². The first-order valence-electron chi connectivity index (χ1n) is 25.6. The van der Waals surface area contributed by atoms with Gasteiger partial charge < -0.3 is 72.7 Å². The van der Waals surface area contributed by atoms with Crippen LogP contribution in [0.3, 0.4) is 0 Å². The average Bonchev–Trinajstić information content (AvgIpc) is 3.25. The van der Waals surface area contributed by atoms with Gasteiger partial charge in [-0.3, -0.25) is 0 Å². The first-order valence-corrected chi connectivity index (χ1v) is 33.3. The Hall–Kier alpha value is 0.228. The second-order valence-corrected chi connectivity index (χ2v) is 26.6. The van der Waals surface area contributed by atoms with Crippen molar-refractivity contribution in [1.29, 1.82) is 0 Å². The Morgan fingerprint density at radius 2 is 0.359 bits per heavy atom. The van der Waals surface area contributed by atoms with Crippen LogP contribution in [0, 0.1) is 0 Å². The highest BCUT2D eigenvalue weighted by molar-refractivity contribution is 6.61. The van der Waals surface area contributed by atoms with Crippen LogP contribution in [0.15, 0.2) is 0 Å². The molecule has 1 aliphatic rings. The van der Waals surface area contributed by atoms with Crippen molar-refractivity contribution >= 4 is 35.2 Å². The summed E-state index contributed by atoms with van der Waals surface area (Å²) in [6.45, 7) is 43.0. The maximum atomic E-state index is 6.27. The van der Waals surface area contributed by atoms with E-state index in [-0.39, 0.29) is 0 Å². The first kappa shape index (κ1) is 62.2. The molecule has 0 amide bonds. The summed E-state index contributed by atoms with van der Waals surface area (Å²) in [6, 6.07) is 3.22. The van der Waals surface area contributed by atoms with E-state index in [0.29, 0.717) is 79.3 Å². The van der Waals surface area contributed by atoms with Gasteiger partial charge in [0, 0.05) is 156 Å². The van der Waals surface area contributed by atoms with Crippen LogP contribution in [0.2, 0.25) is 24.2 Å². The van der Waals surface area contributed by atoms with E-state index < -0.39 is 35.2 Å². The lowest BCUT2D eigenvalue weighted by Crippen LogP contribution is -2.49. The maximum absolute atomic E-state index is 6.27. The van der Waals surface area contributed by atoms with Gasteiger partial charge >= 0.3 is 35.2 Å². The lowest BCUT2D eigenvalue weighted by atomic mass is 10.3. The molecule has 1 rings (SSSR count). The maximum Gasteiger partial charge on any atom is 0.500 e. The molecule has 0 atom stereocenters. The van der Waals surface area contributed by atoms with Crippen LogP contribution in [0.5, 0.6) is 0 Å². The van der Waals surface area contributed by atoms with Crippen molar-refractivity contribution in [2.75, 3.05) is 158 Å². The number of hydrogen-bond acceptors (Lipinski definition) is 16. The summed E-state index contributed by atoms with van der Waals surface area (Å²) < 4.78 is 75.2. The third kappa shape index (κ3) is 25.2. The van der Waals surface area contributed by atoms with Crippen LogP contribution in [0.25, 0.3) is 0 Å². The van der Waals surface area contributed by atoms with Crippen LogP contribution in [0.4, 0.5) is 0 Å². The number of hydrogen-bond donors (Lipinski definition) is 0. The van der Waals surface area contributed by atoms with Crippen LogP contribution in [0.1, 0.15) is 109 Å². The van der Waals surface area contributed by atoms with Gasteiger partial charge in [0.2, 0.25) is 0 Å². The van der Waals surface area contributed by atoms with Gasteiger partial charge in [0.05, 0.1) is 0 Å². The molecule has 1 aliphatic heterocycles. The highest BCUT2D eigenvalue weighted by atomic mass is 28.4. The van der Waals surface area contributed by atoms with Crippen molar-refractivity contribution in [1.82, 2.24) is 19.6 Å². The largest absolute Gasteiger partial charge is 0.500 e. The minimum Gasteiger partial charge on any atom is -0.374 e. The highest BCUT2D eigenvalue weighted by Gasteiger charge is 2.43. The van der Waals surface area contributed by atoms with Crippen molar-refractivity contribution in [3.63, 3.8) is 0 Å². The Morgan fingerprint density at radius 1 is 0.234 bits per heavy atom. The minimum absolute atomic E-state index is 0.589. The smallest absolute Gasteiger partial charge is 0.374 e. The first-order chi connectivity index (χ1) is 31.0. The van der Waals surface area contributed by atoms with Crippen molar-refractivity contribution in [3.8, 4) is 0 Å². The summed E-state index contributed by atoms with van der Waals surface area (Å²) in [5, 5.41) is 0. The summed E-state index contributed by atoms with van der Waals surface area (Å²) in [5.41, 5.74) is 0. The van der Waals surface area contributed by atoms with Gasteiger partial charge in [-0.1, -0.05) is 0 Å². The molecule has 1 fully saturated rings. The quantitative estimate of drug-likeness (QED) is 0.0588. The Morgan fingerprint density at radius 3 is 0.469 bits per heavy atom. The fourth-order valence-corrected chi connectivity index (χ4v) is 18.9. The van der Waals surface area contributed by atoms with E-state index in [1.165, 1.54) is 0 Å². The van der Waals surface area contributed by atoms with Crippen LogP contribution in [-0.4, -0.2) is 213 Å². The summed E-state index contributed by atoms with van der Waals surface area (Å²) in [5.74, 6) is 0. The number of nitrogens with zero attached hydrogens (tertiary/aromatic N) is 4. The second-order valence-electron chi connectivity index (χ2n) is 15.7. The van der Waals surface area contributed by atoms with E-state index in [9.17, 15) is 0 Å². The Kier molecular flexibility index (Phi) is 37.0. The molecule has 1 saturated heterocycles. The zero-order chi connectivity index (χ0) is 47.4. The molecule has 20 heteroatoms. The normalized spacial score (nSPS) is 16.7. The van der Waals surface area contributed by atoms with E-state index in [1.807, 2.05) is 83.1 Å². The van der Waals surface area contributed by atoms with E-state index >= 15 is 0 Å². The van der Waals surface area contributed by atoms with Gasteiger partial charge in [-0.15, -0.1) is 0 Å². The van der Waals surface area contributed by atoms with Crippen LogP contribution in [-0.2, 0) is 53.1 Å². The third-order valence-corrected chi connectivity index (χ3v) is 23.7. The van der Waals surface area contributed by atoms with E-state index in [0.717, 1.165) is 128 Å². The fraction of sp³-hybridized carbons (Fsp3) is 1.00. The van der Waals surface area contributed by atoms with Crippen LogP contribution < -0.4 is 0 Å². The van der Waals surface area contributed by atoms with Crippen molar-refractivity contribution < 1.29 is 53.1 Å². The molecule has 16 nitrogen and oxygen atoms in total. The standard InChI is InChI=1S/C44H100N4O12Si4/c1-13-49-61(50-14-2,51-15-3)41-25-29-45-33-35-46(30-26-42-62(52-16-4,53-17-5)54-18-6)37-39-48(32-28-44-64(58-22-10,59-23-11)60-24-12)40-38-47(36-34-45)31-27-43-63(55-19-7,56-20-8)57-21-9/h13-44H2,1-12H3. The Labute approximate surface area is 397 Å². The number of rotatable bonds is 40. The molecule has 0 saturated carbocycles. The molecular weight excluding hydrogens is 889 g/mol. The molecule has 0 aliphatic carbocycles. The molecular formula is C44H100N4O12Si4. The molecule has 0 aromatic carbocycles. The highest BCUT2D eigenvalue weighted by Crippen LogP contribution is 2.23. The molecule has 0 aromatic rings. The van der Waals surface area contributed by atoms with Gasteiger partial charge in [-0.05, 0) is 135 Å². The lowest BCUT2D eigenvalue weighted by molar-refractivity contribution is 0.0663. The molecule has 1 heterocycles. The summed E-state index contributed by atoms with van der Waals surface area (Å²) in [4.78, 5) is 10.6. The molecule has 384 valence electrons. The lowest BCUT2D eigenvalue weighted by Gasteiger charge is -2.36. The van der Waals surface area contributed by atoms with E-state index in [1.54, 1.807) is 0 Å². The van der Waals surface area contributed by atoms with Gasteiger partial charge in [0.25, 0.3) is 0 Å². The molecule has 0 radical (unpaired) electrons. The van der Waals surface area contributed by atoms with Gasteiger partial charge in [0.15, 0.2) is 0 Å². The van der Waals surface area contributed by atoms with Gasteiger partial charge in [-0.25, -0.2) is 0 Å². The molecule has 64 heavy (non-hydrogen) atoms. The fourth-order valence-electron chi connectivity index (χ4n) is 8.55. The van der Waals surface area contributed by atoms with Crippen LogP contribution >= 0.6 is 0 Å². The SMILES string of the molecule is CCO[Si](CCCN1CCN(CCC[Si](OCC)(OCC)OCC)CCN(CCC[Si](OCC)(OCC)OCC)CCN(CCC[Si](OCC)(OCC)OCC)CC1)(OCC)OCC. The molecule has 0 unspecified atom stereocenters. The zero-order valence-corrected chi connectivity index (χ0v) is 47.3. The van der Waals surface area contributed by atoms with E-state index in [2.05, 4.69) is 19.6 Å². The van der Waals surface area contributed by atoms with Crippen molar-refractivity contribution in [3.05, 3.63) is 0 Å². The third-order valence-electron chi connectivity index (χ3n) is 11.1. The Bertz CT molecular complexity index is 844. The Balaban J connectivity index is 3.49. The minimum atomic E-state index is -2.76. The summed E-state index contributed by atoms with van der Waals surface area (Å²) in [7, 11) is -11.0. The molecule has 0 N–H and O–H groups in total. The zero-order valence-electron chi connectivity index (χ0n) is 43.3. The van der Waals surface area contributed by atoms with Crippen molar-refractivity contribution in [2.24, 2.45) is 0 Å². The van der Waals surface area contributed by atoms with Gasteiger partial charge in [-0.2, -0.15) is 0 Å². The van der Waals surface area contributed by atoms with Gasteiger partial charge in [0.1, 0.15) is 0 Å². The average molecular weight is 990 g/mol. The molecule has 0 bridgehead atoms. The topological polar surface area (TPSA) is 124 Å².